The summed E-state index contributed by atoms with van der Waals surface area (Å²) in [7, 11) is 0. The van der Waals surface area contributed by atoms with Crippen molar-refractivity contribution in [1.29, 1.82) is 0 Å². The van der Waals surface area contributed by atoms with Gasteiger partial charge in [0.1, 0.15) is 0 Å². The Morgan fingerprint density at radius 1 is 1.20 bits per heavy atom. The van der Waals surface area contributed by atoms with Crippen LogP contribution in [-0.2, 0) is 16.6 Å². The maximum absolute atomic E-state index is 13.3. The fourth-order valence-electron chi connectivity index (χ4n) is 2.05. The Kier molecular flexibility index (Phi) is 3.79. The fraction of sp³-hybridized carbons (Fsp3) is 0.200. The van der Waals surface area contributed by atoms with Gasteiger partial charge in [-0.15, -0.1) is 0 Å². The number of carboxylic acid groups (broad SMARTS) is 1. The Morgan fingerprint density at radius 2 is 1.85 bits per heavy atom. The Labute approximate surface area is 114 Å². The van der Waals surface area contributed by atoms with Crippen LogP contribution in [0.3, 0.4) is 0 Å². The predicted molar refractivity (Wildman–Crippen MR) is 69.3 cm³/mol. The number of aliphatic carboxylic acids is 1. The molecule has 3 nitrogen and oxygen atoms in total. The number of benzene rings is 1. The summed E-state index contributed by atoms with van der Waals surface area (Å²) in [6, 6.07) is 6.57. The minimum atomic E-state index is -1.34. The molecule has 1 heterocycles. The minimum absolute atomic E-state index is 0.163. The molecule has 0 aliphatic carbocycles. The molecule has 0 saturated carbocycles. The van der Waals surface area contributed by atoms with Crippen LogP contribution in [0, 0.1) is 11.6 Å². The first kappa shape index (κ1) is 14.1. The molecule has 1 aromatic carbocycles. The summed E-state index contributed by atoms with van der Waals surface area (Å²) < 4.78 is 26.3. The van der Waals surface area contributed by atoms with E-state index in [1.54, 1.807) is 24.5 Å². The first-order chi connectivity index (χ1) is 9.43. The van der Waals surface area contributed by atoms with Crippen LogP contribution in [0.25, 0.3) is 0 Å². The van der Waals surface area contributed by atoms with E-state index in [1.165, 1.54) is 13.0 Å². The highest BCUT2D eigenvalue weighted by atomic mass is 19.2. The van der Waals surface area contributed by atoms with Crippen molar-refractivity contribution in [2.24, 2.45) is 0 Å². The van der Waals surface area contributed by atoms with E-state index in [9.17, 15) is 18.7 Å². The third-order valence-electron chi connectivity index (χ3n) is 3.34. The van der Waals surface area contributed by atoms with E-state index in [0.29, 0.717) is 0 Å². The molecule has 0 fully saturated rings. The highest BCUT2D eigenvalue weighted by Crippen LogP contribution is 2.29. The Bertz CT molecular complexity index is 631. The molecule has 0 amide bonds. The van der Waals surface area contributed by atoms with Crippen molar-refractivity contribution < 1.29 is 18.7 Å². The van der Waals surface area contributed by atoms with E-state index in [4.69, 9.17) is 0 Å². The second kappa shape index (κ2) is 5.36. The summed E-state index contributed by atoms with van der Waals surface area (Å²) in [5.74, 6) is -3.14. The molecule has 20 heavy (non-hydrogen) atoms. The molecule has 0 aliphatic rings. The maximum Gasteiger partial charge on any atom is 0.314 e. The van der Waals surface area contributed by atoms with E-state index in [-0.39, 0.29) is 12.0 Å². The second-order valence-electron chi connectivity index (χ2n) is 4.80. The molecule has 0 radical (unpaired) electrons. The van der Waals surface area contributed by atoms with Gasteiger partial charge in [-0.3, -0.25) is 9.78 Å². The van der Waals surface area contributed by atoms with Gasteiger partial charge in [0.2, 0.25) is 0 Å². The van der Waals surface area contributed by atoms with E-state index < -0.39 is 23.0 Å². The lowest BCUT2D eigenvalue weighted by molar-refractivity contribution is -0.143. The normalized spacial score (nSPS) is 13.8. The number of hydrogen-bond acceptors (Lipinski definition) is 2. The van der Waals surface area contributed by atoms with Crippen LogP contribution >= 0.6 is 0 Å². The summed E-state index contributed by atoms with van der Waals surface area (Å²) in [4.78, 5) is 15.5. The zero-order chi connectivity index (χ0) is 14.8. The van der Waals surface area contributed by atoms with Crippen LogP contribution in [0.4, 0.5) is 8.78 Å². The number of carboxylic acids is 1. The molecule has 0 spiro atoms. The van der Waals surface area contributed by atoms with Gasteiger partial charge in [0.15, 0.2) is 11.6 Å². The molecule has 1 N–H and O–H groups in total. The van der Waals surface area contributed by atoms with Crippen molar-refractivity contribution in [2.45, 2.75) is 18.8 Å². The van der Waals surface area contributed by atoms with Crippen molar-refractivity contribution in [3.63, 3.8) is 0 Å². The number of hydrogen-bond donors (Lipinski definition) is 1. The second-order valence-corrected chi connectivity index (χ2v) is 4.80. The monoisotopic (exact) mass is 277 g/mol. The smallest absolute Gasteiger partial charge is 0.314 e. The van der Waals surface area contributed by atoms with Crippen molar-refractivity contribution in [2.75, 3.05) is 0 Å². The number of rotatable bonds is 4. The maximum atomic E-state index is 13.3. The van der Waals surface area contributed by atoms with Crippen molar-refractivity contribution in [1.82, 2.24) is 4.98 Å². The lowest BCUT2D eigenvalue weighted by atomic mass is 9.77. The topological polar surface area (TPSA) is 50.2 Å². The summed E-state index contributed by atoms with van der Waals surface area (Å²) in [6.45, 7) is 1.49. The predicted octanol–water partition coefficient (Wildman–Crippen LogP) is 2.94. The molecule has 1 atom stereocenters. The number of aromatic nitrogens is 1. The van der Waals surface area contributed by atoms with Gasteiger partial charge < -0.3 is 5.11 Å². The molecule has 1 unspecified atom stereocenters. The molecule has 0 saturated heterocycles. The van der Waals surface area contributed by atoms with Crippen molar-refractivity contribution >= 4 is 5.97 Å². The van der Waals surface area contributed by atoms with Gasteiger partial charge in [0, 0.05) is 12.4 Å². The van der Waals surface area contributed by atoms with Gasteiger partial charge in [-0.25, -0.2) is 8.78 Å². The molecular weight excluding hydrogens is 264 g/mol. The third kappa shape index (κ3) is 2.66. The quantitative estimate of drug-likeness (QED) is 0.934. The number of halogens is 2. The molecule has 5 heteroatoms. The van der Waals surface area contributed by atoms with Crippen LogP contribution < -0.4 is 0 Å². The van der Waals surface area contributed by atoms with Gasteiger partial charge in [-0.05, 0) is 48.7 Å². The first-order valence-electron chi connectivity index (χ1n) is 6.01. The van der Waals surface area contributed by atoms with Crippen LogP contribution in [0.1, 0.15) is 18.1 Å². The molecule has 0 bridgehead atoms. The molecule has 1 aromatic heterocycles. The first-order valence-corrected chi connectivity index (χ1v) is 6.01. The van der Waals surface area contributed by atoms with Crippen LogP contribution in [-0.4, -0.2) is 16.1 Å². The van der Waals surface area contributed by atoms with E-state index in [0.717, 1.165) is 17.7 Å². The van der Waals surface area contributed by atoms with E-state index >= 15 is 0 Å². The molecule has 104 valence electrons. The van der Waals surface area contributed by atoms with Crippen LogP contribution in [0.15, 0.2) is 42.7 Å². The van der Waals surface area contributed by atoms with Crippen molar-refractivity contribution in [3.05, 3.63) is 65.5 Å². The van der Waals surface area contributed by atoms with Gasteiger partial charge in [-0.1, -0.05) is 6.07 Å². The summed E-state index contributed by atoms with van der Waals surface area (Å²) in [6.07, 6.45) is 3.28. The summed E-state index contributed by atoms with van der Waals surface area (Å²) in [5.41, 5.74) is -0.356. The molecule has 0 aliphatic heterocycles. The van der Waals surface area contributed by atoms with E-state index in [2.05, 4.69) is 4.98 Å². The standard InChI is InChI=1S/C15H13F2NO2/c1-15(14(19)20,9-10-4-6-18-7-5-10)11-2-3-12(16)13(17)8-11/h2-8H,9H2,1H3,(H,19,20). The molecular formula is C15H13F2NO2. The number of pyridine rings is 1. The fourth-order valence-corrected chi connectivity index (χ4v) is 2.05. The zero-order valence-electron chi connectivity index (χ0n) is 10.8. The number of nitrogens with zero attached hydrogens (tertiary/aromatic N) is 1. The molecule has 2 aromatic rings. The lowest BCUT2D eigenvalue weighted by Crippen LogP contribution is -2.35. The van der Waals surface area contributed by atoms with Crippen molar-refractivity contribution in [3.8, 4) is 0 Å². The number of carbonyl (C=O) groups is 1. The highest BCUT2D eigenvalue weighted by Gasteiger charge is 2.36. The van der Waals surface area contributed by atoms with E-state index in [1.807, 2.05) is 0 Å². The Morgan fingerprint density at radius 3 is 2.40 bits per heavy atom. The minimum Gasteiger partial charge on any atom is -0.481 e. The highest BCUT2D eigenvalue weighted by molar-refractivity contribution is 5.81. The van der Waals surface area contributed by atoms with Gasteiger partial charge in [0.25, 0.3) is 0 Å². The SMILES string of the molecule is CC(Cc1ccncc1)(C(=O)O)c1ccc(F)c(F)c1. The largest absolute Gasteiger partial charge is 0.481 e. The third-order valence-corrected chi connectivity index (χ3v) is 3.34. The van der Waals surface area contributed by atoms with Gasteiger partial charge >= 0.3 is 5.97 Å². The average Bonchev–Trinajstić information content (AvgIpc) is 2.42. The van der Waals surface area contributed by atoms with Crippen LogP contribution in [0.5, 0.6) is 0 Å². The summed E-state index contributed by atoms with van der Waals surface area (Å²) in [5, 5.41) is 9.48. The Hall–Kier alpha value is -2.30. The lowest BCUT2D eigenvalue weighted by Gasteiger charge is -2.25. The van der Waals surface area contributed by atoms with Crippen LogP contribution in [0.2, 0.25) is 0 Å². The molecule has 2 rings (SSSR count). The summed E-state index contributed by atoms with van der Waals surface area (Å²) >= 11 is 0. The van der Waals surface area contributed by atoms with Gasteiger partial charge in [-0.2, -0.15) is 0 Å². The zero-order valence-corrected chi connectivity index (χ0v) is 10.8. The Balaban J connectivity index is 2.43. The average molecular weight is 277 g/mol. The van der Waals surface area contributed by atoms with Gasteiger partial charge in [0.05, 0.1) is 5.41 Å².